The van der Waals surface area contributed by atoms with Crippen molar-refractivity contribution in [2.75, 3.05) is 39.4 Å². The van der Waals surface area contributed by atoms with Crippen molar-refractivity contribution in [3.8, 4) is 0 Å². The van der Waals surface area contributed by atoms with Crippen molar-refractivity contribution in [1.82, 2.24) is 25.3 Å². The second-order valence-electron chi connectivity index (χ2n) is 8.17. The van der Waals surface area contributed by atoms with Crippen LogP contribution >= 0.6 is 0 Å². The Morgan fingerprint density at radius 1 is 1.14 bits per heavy atom. The Balaban J connectivity index is 1.31. The van der Waals surface area contributed by atoms with Crippen molar-refractivity contribution in [1.29, 1.82) is 0 Å². The molecule has 0 aromatic heterocycles. The van der Waals surface area contributed by atoms with Crippen LogP contribution in [0.4, 0.5) is 9.18 Å². The summed E-state index contributed by atoms with van der Waals surface area (Å²) in [5.74, 6) is -0.680. The summed E-state index contributed by atoms with van der Waals surface area (Å²) in [6, 6.07) is 5.50. The lowest BCUT2D eigenvalue weighted by atomic mass is 9.92. The number of imide groups is 1. The zero-order chi connectivity index (χ0) is 20.6. The lowest BCUT2D eigenvalue weighted by Crippen LogP contribution is -2.53. The number of piperazine rings is 1. The quantitative estimate of drug-likeness (QED) is 0.674. The molecule has 4 amide bonds. The van der Waals surface area contributed by atoms with Gasteiger partial charge in [-0.1, -0.05) is 12.1 Å². The molecule has 2 heterocycles. The van der Waals surface area contributed by atoms with Gasteiger partial charge in [0.15, 0.2) is 0 Å². The molecule has 8 nitrogen and oxygen atoms in total. The number of benzene rings is 1. The number of rotatable bonds is 6. The molecule has 3 fully saturated rings. The third-order valence-electron chi connectivity index (χ3n) is 5.81. The minimum atomic E-state index is -1.20. The summed E-state index contributed by atoms with van der Waals surface area (Å²) in [6.07, 6.45) is 2.14. The first-order chi connectivity index (χ1) is 13.8. The number of carbonyl (C=O) groups excluding carboxylic acids is 3. The van der Waals surface area contributed by atoms with Gasteiger partial charge in [-0.3, -0.25) is 19.4 Å². The van der Waals surface area contributed by atoms with Crippen LogP contribution in [-0.4, -0.2) is 78.0 Å². The summed E-state index contributed by atoms with van der Waals surface area (Å²) in [5.41, 5.74) is -0.653. The molecule has 1 atom stereocenters. The standard InChI is InChI=1S/C20H26FN5O3/c1-20(14-2-4-15(21)5-3-14)18(28)26(19(29)23-20)13-25-10-8-24(9-11-25)12-17(27)22-16-6-7-16/h2-5,16H,6-13H2,1H3,(H,22,27)(H,23,29)/t20-/m1/s1. The van der Waals surface area contributed by atoms with Gasteiger partial charge in [0.2, 0.25) is 5.91 Å². The molecule has 29 heavy (non-hydrogen) atoms. The first kappa shape index (κ1) is 19.8. The molecule has 2 saturated heterocycles. The van der Waals surface area contributed by atoms with Gasteiger partial charge in [-0.05, 0) is 37.5 Å². The third-order valence-corrected chi connectivity index (χ3v) is 5.81. The summed E-state index contributed by atoms with van der Waals surface area (Å²) in [7, 11) is 0. The van der Waals surface area contributed by atoms with Gasteiger partial charge in [-0.25, -0.2) is 14.1 Å². The number of amides is 4. The highest BCUT2D eigenvalue weighted by atomic mass is 19.1. The second-order valence-corrected chi connectivity index (χ2v) is 8.17. The van der Waals surface area contributed by atoms with Gasteiger partial charge in [0.05, 0.1) is 13.2 Å². The van der Waals surface area contributed by atoms with Gasteiger partial charge in [-0.2, -0.15) is 0 Å². The van der Waals surface area contributed by atoms with E-state index in [1.165, 1.54) is 29.2 Å². The van der Waals surface area contributed by atoms with Crippen LogP contribution in [0.3, 0.4) is 0 Å². The predicted octanol–water partition coefficient (Wildman–Crippen LogP) is 0.446. The Hall–Kier alpha value is -2.52. The minimum Gasteiger partial charge on any atom is -0.352 e. The van der Waals surface area contributed by atoms with Crippen LogP contribution in [0.15, 0.2) is 24.3 Å². The molecule has 4 rings (SSSR count). The zero-order valence-corrected chi connectivity index (χ0v) is 16.5. The Bertz CT molecular complexity index is 805. The number of nitrogens with zero attached hydrogens (tertiary/aromatic N) is 3. The Labute approximate surface area is 169 Å². The van der Waals surface area contributed by atoms with Crippen molar-refractivity contribution in [2.24, 2.45) is 0 Å². The number of nitrogens with one attached hydrogen (secondary N) is 2. The normalized spacial score (nSPS) is 25.9. The zero-order valence-electron chi connectivity index (χ0n) is 16.5. The van der Waals surface area contributed by atoms with E-state index in [2.05, 4.69) is 15.5 Å². The SMILES string of the molecule is C[C@]1(c2ccc(F)cc2)NC(=O)N(CN2CCN(CC(=O)NC3CC3)CC2)C1=O. The van der Waals surface area contributed by atoms with Gasteiger partial charge in [0, 0.05) is 32.2 Å². The van der Waals surface area contributed by atoms with Crippen LogP contribution < -0.4 is 10.6 Å². The molecule has 1 aromatic rings. The minimum absolute atomic E-state index is 0.0603. The van der Waals surface area contributed by atoms with E-state index < -0.39 is 17.4 Å². The third kappa shape index (κ3) is 4.25. The Morgan fingerprint density at radius 2 is 1.76 bits per heavy atom. The van der Waals surface area contributed by atoms with Crippen LogP contribution in [-0.2, 0) is 15.1 Å². The van der Waals surface area contributed by atoms with Gasteiger partial charge >= 0.3 is 6.03 Å². The van der Waals surface area contributed by atoms with E-state index in [1.54, 1.807) is 6.92 Å². The van der Waals surface area contributed by atoms with Crippen LogP contribution in [0, 0.1) is 5.82 Å². The molecule has 0 bridgehead atoms. The summed E-state index contributed by atoms with van der Waals surface area (Å²) in [5, 5.41) is 5.73. The van der Waals surface area contributed by atoms with Gasteiger partial charge in [-0.15, -0.1) is 0 Å². The average Bonchev–Trinajstić information content (AvgIpc) is 3.47. The maximum absolute atomic E-state index is 13.2. The second kappa shape index (κ2) is 7.72. The molecule has 1 aromatic carbocycles. The highest BCUT2D eigenvalue weighted by molar-refractivity contribution is 6.07. The summed E-state index contributed by atoms with van der Waals surface area (Å²) >= 11 is 0. The fourth-order valence-corrected chi connectivity index (χ4v) is 3.80. The summed E-state index contributed by atoms with van der Waals surface area (Å²) in [6.45, 7) is 4.96. The topological polar surface area (TPSA) is 85.0 Å². The maximum atomic E-state index is 13.2. The van der Waals surface area contributed by atoms with Crippen LogP contribution in [0.25, 0.3) is 0 Å². The van der Waals surface area contributed by atoms with Crippen molar-refractivity contribution in [2.45, 2.75) is 31.3 Å². The van der Waals surface area contributed by atoms with Crippen LogP contribution in [0.1, 0.15) is 25.3 Å². The Kier molecular flexibility index (Phi) is 5.26. The van der Waals surface area contributed by atoms with Crippen LogP contribution in [0.5, 0.6) is 0 Å². The molecule has 1 saturated carbocycles. The number of halogens is 1. The number of hydrogen-bond acceptors (Lipinski definition) is 5. The highest BCUT2D eigenvalue weighted by Crippen LogP contribution is 2.29. The number of hydrogen-bond donors (Lipinski definition) is 2. The van der Waals surface area contributed by atoms with Crippen molar-refractivity contribution >= 4 is 17.8 Å². The number of carbonyl (C=O) groups is 3. The highest BCUT2D eigenvalue weighted by Gasteiger charge is 2.49. The summed E-state index contributed by atoms with van der Waals surface area (Å²) in [4.78, 5) is 42.7. The fraction of sp³-hybridized carbons (Fsp3) is 0.550. The molecule has 0 radical (unpaired) electrons. The molecular formula is C20H26FN5O3. The summed E-state index contributed by atoms with van der Waals surface area (Å²) < 4.78 is 13.2. The fourth-order valence-electron chi connectivity index (χ4n) is 3.80. The van der Waals surface area contributed by atoms with E-state index >= 15 is 0 Å². The van der Waals surface area contributed by atoms with Gasteiger partial charge in [0.25, 0.3) is 5.91 Å². The van der Waals surface area contributed by atoms with E-state index in [0.717, 1.165) is 12.8 Å². The first-order valence-electron chi connectivity index (χ1n) is 9.99. The predicted molar refractivity (Wildman–Crippen MR) is 103 cm³/mol. The van der Waals surface area contributed by atoms with Crippen molar-refractivity contribution in [3.05, 3.63) is 35.6 Å². The van der Waals surface area contributed by atoms with Crippen LogP contribution in [0.2, 0.25) is 0 Å². The van der Waals surface area contributed by atoms with Crippen molar-refractivity contribution in [3.63, 3.8) is 0 Å². The van der Waals surface area contributed by atoms with Gasteiger partial charge in [0.1, 0.15) is 11.4 Å². The van der Waals surface area contributed by atoms with Crippen molar-refractivity contribution < 1.29 is 18.8 Å². The molecule has 156 valence electrons. The molecular weight excluding hydrogens is 377 g/mol. The molecule has 2 aliphatic heterocycles. The average molecular weight is 403 g/mol. The maximum Gasteiger partial charge on any atom is 0.326 e. The lowest BCUT2D eigenvalue weighted by molar-refractivity contribution is -0.132. The monoisotopic (exact) mass is 403 g/mol. The molecule has 9 heteroatoms. The largest absolute Gasteiger partial charge is 0.352 e. The lowest BCUT2D eigenvalue weighted by Gasteiger charge is -2.35. The van der Waals surface area contributed by atoms with E-state index in [-0.39, 0.29) is 18.5 Å². The number of urea groups is 1. The smallest absolute Gasteiger partial charge is 0.326 e. The van der Waals surface area contributed by atoms with Gasteiger partial charge < -0.3 is 10.6 Å². The van der Waals surface area contributed by atoms with E-state index in [9.17, 15) is 18.8 Å². The van der Waals surface area contributed by atoms with E-state index in [1.807, 2.05) is 4.90 Å². The molecule has 0 unspecified atom stereocenters. The molecule has 1 aliphatic carbocycles. The Morgan fingerprint density at radius 3 is 2.38 bits per heavy atom. The van der Waals surface area contributed by atoms with E-state index in [0.29, 0.717) is 44.3 Å². The van der Waals surface area contributed by atoms with E-state index in [4.69, 9.17) is 0 Å². The molecule has 2 N–H and O–H groups in total. The molecule has 0 spiro atoms. The first-order valence-corrected chi connectivity index (χ1v) is 9.99. The molecule has 3 aliphatic rings.